The van der Waals surface area contributed by atoms with E-state index in [-0.39, 0.29) is 16.5 Å². The summed E-state index contributed by atoms with van der Waals surface area (Å²) in [4.78, 5) is 0.148. The first-order valence-corrected chi connectivity index (χ1v) is 7.07. The average molecular weight is 293 g/mol. The molecule has 6 nitrogen and oxygen atoms in total. The Labute approximate surface area is 117 Å². The highest BCUT2D eigenvalue weighted by atomic mass is 32.2. The Morgan fingerprint density at radius 3 is 1.85 bits per heavy atom. The van der Waals surface area contributed by atoms with Crippen molar-refractivity contribution in [1.29, 1.82) is 5.41 Å². The molecule has 0 fully saturated rings. The molecule has 0 spiro atoms. The fourth-order valence-corrected chi connectivity index (χ4v) is 1.85. The predicted octanol–water partition coefficient (Wildman–Crippen LogP) is 1.01. The topological polar surface area (TPSA) is 130 Å². The minimum atomic E-state index is -3.50. The Bertz CT molecular complexity index is 685. The summed E-state index contributed by atoms with van der Waals surface area (Å²) >= 11 is 0. The first-order valence-electron chi connectivity index (χ1n) is 5.52. The molecule has 2 aromatic carbocycles. The van der Waals surface area contributed by atoms with Crippen LogP contribution in [0.5, 0.6) is 5.75 Å². The van der Waals surface area contributed by atoms with Crippen LogP contribution in [0.2, 0.25) is 0 Å². The normalized spacial score (nSPS) is 10.2. The van der Waals surface area contributed by atoms with Gasteiger partial charge in [0.05, 0.1) is 10.5 Å². The number of rotatable bonds is 2. The summed E-state index contributed by atoms with van der Waals surface area (Å²) in [7, 11) is -3.50. The molecule has 0 unspecified atom stereocenters. The van der Waals surface area contributed by atoms with Gasteiger partial charge in [-0.05, 0) is 24.3 Å². The van der Waals surface area contributed by atoms with Gasteiger partial charge in [-0.1, -0.05) is 30.3 Å². The Kier molecular flexibility index (Phi) is 5.24. The van der Waals surface area contributed by atoms with Gasteiger partial charge < -0.3 is 10.8 Å². The number of hydrogen-bond acceptors (Lipinski definition) is 4. The van der Waals surface area contributed by atoms with E-state index in [1.54, 1.807) is 36.4 Å². The predicted molar refractivity (Wildman–Crippen MR) is 76.9 cm³/mol. The number of hydrogen-bond donors (Lipinski definition) is 4. The number of nitrogen functional groups attached to an aromatic ring is 1. The van der Waals surface area contributed by atoms with E-state index < -0.39 is 10.0 Å². The Morgan fingerprint density at radius 1 is 1.00 bits per heavy atom. The molecule has 106 valence electrons. The zero-order valence-corrected chi connectivity index (χ0v) is 11.3. The van der Waals surface area contributed by atoms with Gasteiger partial charge in [-0.2, -0.15) is 0 Å². The number of phenolic OH excluding ortho intramolecular Hbond substituents is 1. The van der Waals surface area contributed by atoms with Crippen LogP contribution in [-0.2, 0) is 10.0 Å². The average Bonchev–Trinajstić information content (AvgIpc) is 2.40. The van der Waals surface area contributed by atoms with Crippen LogP contribution in [0.25, 0.3) is 0 Å². The molecular weight excluding hydrogens is 278 g/mol. The van der Waals surface area contributed by atoms with Gasteiger partial charge in [0.25, 0.3) is 0 Å². The van der Waals surface area contributed by atoms with Crippen molar-refractivity contribution < 1.29 is 13.5 Å². The van der Waals surface area contributed by atoms with Crippen molar-refractivity contribution in [1.82, 2.24) is 0 Å². The fourth-order valence-electron chi connectivity index (χ4n) is 1.31. The van der Waals surface area contributed by atoms with E-state index in [4.69, 9.17) is 21.4 Å². The SMILES string of the molecule is N=C(N)c1ccccc1O.NS(=O)(=O)c1ccccc1. The van der Waals surface area contributed by atoms with Gasteiger partial charge in [0.1, 0.15) is 11.6 Å². The number of amidine groups is 1. The molecule has 0 bridgehead atoms. The number of primary sulfonamides is 1. The van der Waals surface area contributed by atoms with Gasteiger partial charge in [0, 0.05) is 0 Å². The van der Waals surface area contributed by atoms with Crippen molar-refractivity contribution in [2.45, 2.75) is 4.90 Å². The summed E-state index contributed by atoms with van der Waals surface area (Å²) < 4.78 is 21.2. The Morgan fingerprint density at radius 2 is 1.50 bits per heavy atom. The maximum atomic E-state index is 10.6. The second kappa shape index (κ2) is 6.69. The lowest BCUT2D eigenvalue weighted by Gasteiger charge is -1.98. The van der Waals surface area contributed by atoms with E-state index in [0.29, 0.717) is 5.56 Å². The third-order valence-electron chi connectivity index (χ3n) is 2.27. The highest BCUT2D eigenvalue weighted by Gasteiger charge is 2.03. The molecular formula is C13H15N3O3S. The summed E-state index contributed by atoms with van der Waals surface area (Å²) in [5.74, 6) is -0.0619. The second-order valence-electron chi connectivity index (χ2n) is 3.79. The number of para-hydroxylation sites is 1. The summed E-state index contributed by atoms with van der Waals surface area (Å²) in [6, 6.07) is 14.4. The number of sulfonamides is 1. The van der Waals surface area contributed by atoms with Crippen LogP contribution >= 0.6 is 0 Å². The summed E-state index contributed by atoms with van der Waals surface area (Å²) in [6.07, 6.45) is 0. The molecule has 0 amide bonds. The van der Waals surface area contributed by atoms with Crippen LogP contribution in [0.1, 0.15) is 5.56 Å². The van der Waals surface area contributed by atoms with Crippen molar-refractivity contribution in [2.24, 2.45) is 10.9 Å². The van der Waals surface area contributed by atoms with Gasteiger partial charge in [-0.25, -0.2) is 13.6 Å². The third kappa shape index (κ3) is 4.71. The van der Waals surface area contributed by atoms with Crippen LogP contribution in [0, 0.1) is 5.41 Å². The van der Waals surface area contributed by atoms with E-state index >= 15 is 0 Å². The molecule has 0 atom stereocenters. The number of nitrogens with one attached hydrogen (secondary N) is 1. The molecule has 6 N–H and O–H groups in total. The zero-order chi connectivity index (χ0) is 15.2. The van der Waals surface area contributed by atoms with Gasteiger partial charge in [-0.3, -0.25) is 5.41 Å². The molecule has 2 aromatic rings. The minimum Gasteiger partial charge on any atom is -0.507 e. The first kappa shape index (κ1) is 15.7. The van der Waals surface area contributed by atoms with Crippen LogP contribution in [0.15, 0.2) is 59.5 Å². The van der Waals surface area contributed by atoms with Crippen molar-refractivity contribution in [2.75, 3.05) is 0 Å². The molecule has 20 heavy (non-hydrogen) atoms. The zero-order valence-electron chi connectivity index (χ0n) is 10.5. The largest absolute Gasteiger partial charge is 0.507 e. The Hall–Kier alpha value is -2.38. The molecule has 0 aromatic heterocycles. The van der Waals surface area contributed by atoms with Gasteiger partial charge in [0.15, 0.2) is 0 Å². The smallest absolute Gasteiger partial charge is 0.238 e. The lowest BCUT2D eigenvalue weighted by atomic mass is 10.2. The van der Waals surface area contributed by atoms with Crippen molar-refractivity contribution in [3.8, 4) is 5.75 Å². The van der Waals surface area contributed by atoms with Crippen LogP contribution in [0.3, 0.4) is 0 Å². The summed E-state index contributed by atoms with van der Waals surface area (Å²) in [5.41, 5.74) is 5.52. The second-order valence-corrected chi connectivity index (χ2v) is 5.35. The quantitative estimate of drug-likeness (QED) is 0.486. The summed E-state index contributed by atoms with van der Waals surface area (Å²) in [5, 5.41) is 20.9. The van der Waals surface area contributed by atoms with E-state index in [1.165, 1.54) is 18.2 Å². The van der Waals surface area contributed by atoms with E-state index in [0.717, 1.165) is 0 Å². The van der Waals surface area contributed by atoms with E-state index in [2.05, 4.69) is 0 Å². The first-order chi connectivity index (χ1) is 9.32. The molecule has 7 heteroatoms. The van der Waals surface area contributed by atoms with Gasteiger partial charge in [0.2, 0.25) is 10.0 Å². The van der Waals surface area contributed by atoms with Gasteiger partial charge in [-0.15, -0.1) is 0 Å². The van der Waals surface area contributed by atoms with Crippen LogP contribution in [0.4, 0.5) is 0 Å². The van der Waals surface area contributed by atoms with Crippen LogP contribution in [-0.4, -0.2) is 19.4 Å². The molecule has 0 radical (unpaired) electrons. The maximum absolute atomic E-state index is 10.6. The number of aromatic hydroxyl groups is 1. The number of nitrogens with two attached hydrogens (primary N) is 2. The Balaban J connectivity index is 0.000000200. The summed E-state index contributed by atoms with van der Waals surface area (Å²) in [6.45, 7) is 0. The maximum Gasteiger partial charge on any atom is 0.238 e. The van der Waals surface area contributed by atoms with Crippen LogP contribution < -0.4 is 10.9 Å². The molecule has 2 rings (SSSR count). The molecule has 0 saturated heterocycles. The number of phenols is 1. The van der Waals surface area contributed by atoms with Crippen molar-refractivity contribution in [3.63, 3.8) is 0 Å². The third-order valence-corrected chi connectivity index (χ3v) is 3.20. The van der Waals surface area contributed by atoms with Crippen molar-refractivity contribution in [3.05, 3.63) is 60.2 Å². The molecule has 0 heterocycles. The molecule has 0 saturated carbocycles. The minimum absolute atomic E-state index is 0.0509. The van der Waals surface area contributed by atoms with E-state index in [9.17, 15) is 8.42 Å². The number of benzene rings is 2. The molecule has 0 aliphatic heterocycles. The van der Waals surface area contributed by atoms with Crippen molar-refractivity contribution >= 4 is 15.9 Å². The molecule has 0 aliphatic rings. The standard InChI is InChI=1S/C7H8N2O.C6H7NO2S/c8-7(9)5-3-1-2-4-6(5)10;7-10(8,9)6-4-2-1-3-5-6/h1-4,10H,(H3,8,9);1-5H,(H2,7,8,9). The van der Waals surface area contributed by atoms with E-state index in [1.807, 2.05) is 0 Å². The molecule has 0 aliphatic carbocycles. The fraction of sp³-hybridized carbons (Fsp3) is 0. The highest BCUT2D eigenvalue weighted by molar-refractivity contribution is 7.89. The lowest BCUT2D eigenvalue weighted by Crippen LogP contribution is -2.11. The monoisotopic (exact) mass is 293 g/mol. The highest BCUT2D eigenvalue weighted by Crippen LogP contribution is 2.13. The lowest BCUT2D eigenvalue weighted by molar-refractivity contribution is 0.474. The van der Waals surface area contributed by atoms with Gasteiger partial charge >= 0.3 is 0 Å².